The van der Waals surface area contributed by atoms with Crippen LogP contribution in [0.25, 0.3) is 0 Å². The zero-order chi connectivity index (χ0) is 10.0. The van der Waals surface area contributed by atoms with Gasteiger partial charge in [0, 0.05) is 0 Å². The van der Waals surface area contributed by atoms with Crippen LogP contribution in [-0.4, -0.2) is 0 Å². The Labute approximate surface area is 97.7 Å². The largest absolute Gasteiger partial charge is 0.133 e. The minimum atomic E-state index is -0.536. The number of halogens is 4. The number of benzene rings is 1. The first-order chi connectivity index (χ1) is 6.02. The molecular formula is C9H8Cl4. The molecule has 1 aromatic carbocycles. The zero-order valence-electron chi connectivity index (χ0n) is 6.90. The summed E-state index contributed by atoms with van der Waals surface area (Å²) in [6, 6.07) is 5.59. The minimum absolute atomic E-state index is 0.535. The number of rotatable bonds is 2. The monoisotopic (exact) mass is 256 g/mol. The summed E-state index contributed by atoms with van der Waals surface area (Å²) in [7, 11) is 0. The van der Waals surface area contributed by atoms with Crippen LogP contribution in [0.2, 0.25) is 0 Å². The summed E-state index contributed by atoms with van der Waals surface area (Å²) >= 11 is 23.0. The van der Waals surface area contributed by atoms with E-state index >= 15 is 0 Å². The average molecular weight is 258 g/mol. The highest BCUT2D eigenvalue weighted by atomic mass is 35.5. The maximum Gasteiger partial charge on any atom is 0.133 e. The molecule has 0 nitrogen and oxygen atoms in total. The van der Waals surface area contributed by atoms with Gasteiger partial charge in [0.2, 0.25) is 0 Å². The van der Waals surface area contributed by atoms with Crippen molar-refractivity contribution in [1.29, 1.82) is 0 Å². The van der Waals surface area contributed by atoms with Crippen LogP contribution in [-0.2, 0) is 0 Å². The second-order valence-corrected chi connectivity index (χ2v) is 4.91. The number of aryl methyl sites for hydroxylation is 1. The van der Waals surface area contributed by atoms with Gasteiger partial charge in [-0.25, -0.2) is 0 Å². The molecule has 0 unspecified atom stereocenters. The smallest absolute Gasteiger partial charge is 0.100 e. The van der Waals surface area contributed by atoms with Gasteiger partial charge < -0.3 is 0 Å². The lowest BCUT2D eigenvalue weighted by Crippen LogP contribution is -1.91. The van der Waals surface area contributed by atoms with E-state index < -0.39 is 9.67 Å². The Morgan fingerprint density at radius 3 is 2.08 bits per heavy atom. The highest BCUT2D eigenvalue weighted by Crippen LogP contribution is 2.32. The molecule has 0 atom stereocenters. The standard InChI is InChI=1S/C9H8Cl4/c1-5-2-3-6(8(10)11)4-7(5)9(12)13/h2-4,8-9H,1H3. The Balaban J connectivity index is 3.11. The molecule has 0 radical (unpaired) electrons. The second-order valence-electron chi connectivity index (χ2n) is 2.72. The summed E-state index contributed by atoms with van der Waals surface area (Å²) in [5.74, 6) is 0. The Morgan fingerprint density at radius 1 is 1.00 bits per heavy atom. The fourth-order valence-corrected chi connectivity index (χ4v) is 1.77. The zero-order valence-corrected chi connectivity index (χ0v) is 9.92. The quantitative estimate of drug-likeness (QED) is 0.658. The van der Waals surface area contributed by atoms with Crippen molar-refractivity contribution in [3.63, 3.8) is 0 Å². The molecule has 0 bridgehead atoms. The van der Waals surface area contributed by atoms with Crippen molar-refractivity contribution < 1.29 is 0 Å². The van der Waals surface area contributed by atoms with E-state index in [9.17, 15) is 0 Å². The van der Waals surface area contributed by atoms with Crippen LogP contribution < -0.4 is 0 Å². The maximum absolute atomic E-state index is 5.76. The van der Waals surface area contributed by atoms with E-state index in [0.717, 1.165) is 16.7 Å². The molecule has 1 rings (SSSR count). The Bertz CT molecular complexity index is 294. The second kappa shape index (κ2) is 4.75. The van der Waals surface area contributed by atoms with Crippen molar-refractivity contribution in [2.75, 3.05) is 0 Å². The molecule has 0 heterocycles. The molecule has 0 fully saturated rings. The van der Waals surface area contributed by atoms with E-state index in [4.69, 9.17) is 46.4 Å². The third kappa shape index (κ3) is 2.92. The third-order valence-corrected chi connectivity index (χ3v) is 2.76. The molecule has 0 aromatic heterocycles. The summed E-state index contributed by atoms with van der Waals surface area (Å²) in [6.45, 7) is 1.94. The predicted molar refractivity (Wildman–Crippen MR) is 60.1 cm³/mol. The molecule has 0 aliphatic heterocycles. The number of hydrogen-bond donors (Lipinski definition) is 0. The van der Waals surface area contributed by atoms with Crippen LogP contribution in [0, 0.1) is 6.92 Å². The summed E-state index contributed by atoms with van der Waals surface area (Å²) < 4.78 is 0. The van der Waals surface area contributed by atoms with E-state index in [1.165, 1.54) is 0 Å². The normalized spacial score (nSPS) is 11.3. The predicted octanol–water partition coefficient (Wildman–Crippen LogP) is 4.95. The highest BCUT2D eigenvalue weighted by molar-refractivity contribution is 6.45. The maximum atomic E-state index is 5.76. The molecular weight excluding hydrogens is 250 g/mol. The lowest BCUT2D eigenvalue weighted by atomic mass is 10.1. The van der Waals surface area contributed by atoms with Gasteiger partial charge in [0.05, 0.1) is 0 Å². The fraction of sp³-hybridized carbons (Fsp3) is 0.333. The van der Waals surface area contributed by atoms with Gasteiger partial charge >= 0.3 is 0 Å². The first-order valence-electron chi connectivity index (χ1n) is 3.69. The molecule has 4 heteroatoms. The first-order valence-corrected chi connectivity index (χ1v) is 5.43. The Morgan fingerprint density at radius 2 is 1.62 bits per heavy atom. The van der Waals surface area contributed by atoms with Gasteiger partial charge in [-0.1, -0.05) is 18.2 Å². The molecule has 0 amide bonds. The molecule has 0 N–H and O–H groups in total. The first kappa shape index (κ1) is 11.5. The van der Waals surface area contributed by atoms with E-state index in [1.807, 2.05) is 25.1 Å². The van der Waals surface area contributed by atoms with Gasteiger partial charge in [-0.05, 0) is 23.6 Å². The molecule has 0 saturated carbocycles. The molecule has 13 heavy (non-hydrogen) atoms. The lowest BCUT2D eigenvalue weighted by Gasteiger charge is -2.09. The summed E-state index contributed by atoms with van der Waals surface area (Å²) in [5.41, 5.74) is 2.70. The summed E-state index contributed by atoms with van der Waals surface area (Å²) in [4.78, 5) is -1.07. The lowest BCUT2D eigenvalue weighted by molar-refractivity contribution is 1.22. The minimum Gasteiger partial charge on any atom is -0.100 e. The van der Waals surface area contributed by atoms with Crippen molar-refractivity contribution in [2.24, 2.45) is 0 Å². The fourth-order valence-electron chi connectivity index (χ4n) is 1.03. The van der Waals surface area contributed by atoms with Crippen molar-refractivity contribution in [2.45, 2.75) is 16.6 Å². The molecule has 72 valence electrons. The van der Waals surface area contributed by atoms with Gasteiger partial charge in [0.15, 0.2) is 0 Å². The molecule has 0 aliphatic carbocycles. The van der Waals surface area contributed by atoms with Crippen LogP contribution in [0.3, 0.4) is 0 Å². The molecule has 0 saturated heterocycles. The van der Waals surface area contributed by atoms with Crippen molar-refractivity contribution >= 4 is 46.4 Å². The van der Waals surface area contributed by atoms with Crippen LogP contribution in [0.15, 0.2) is 18.2 Å². The van der Waals surface area contributed by atoms with Crippen LogP contribution in [0.1, 0.15) is 26.4 Å². The topological polar surface area (TPSA) is 0 Å². The number of hydrogen-bond acceptors (Lipinski definition) is 0. The Kier molecular flexibility index (Phi) is 4.18. The Hall–Kier alpha value is 0.380. The van der Waals surface area contributed by atoms with Gasteiger partial charge in [0.1, 0.15) is 9.67 Å². The average Bonchev–Trinajstić information content (AvgIpc) is 2.04. The van der Waals surface area contributed by atoms with Crippen LogP contribution in [0.5, 0.6) is 0 Å². The van der Waals surface area contributed by atoms with E-state index in [1.54, 1.807) is 0 Å². The van der Waals surface area contributed by atoms with Gasteiger partial charge in [-0.3, -0.25) is 0 Å². The molecule has 0 spiro atoms. The van der Waals surface area contributed by atoms with Crippen molar-refractivity contribution in [3.05, 3.63) is 34.9 Å². The SMILES string of the molecule is Cc1ccc(C(Cl)Cl)cc1C(Cl)Cl. The number of alkyl halides is 4. The third-order valence-electron chi connectivity index (χ3n) is 1.79. The van der Waals surface area contributed by atoms with Gasteiger partial charge in [0.25, 0.3) is 0 Å². The van der Waals surface area contributed by atoms with Crippen molar-refractivity contribution in [3.8, 4) is 0 Å². The van der Waals surface area contributed by atoms with Crippen LogP contribution in [0.4, 0.5) is 0 Å². The van der Waals surface area contributed by atoms with Crippen molar-refractivity contribution in [1.82, 2.24) is 0 Å². The summed E-state index contributed by atoms with van der Waals surface area (Å²) in [5, 5.41) is 0. The highest BCUT2D eigenvalue weighted by Gasteiger charge is 2.10. The van der Waals surface area contributed by atoms with Crippen LogP contribution >= 0.6 is 46.4 Å². The molecule has 0 aliphatic rings. The van der Waals surface area contributed by atoms with E-state index in [-0.39, 0.29) is 0 Å². The van der Waals surface area contributed by atoms with E-state index in [0.29, 0.717) is 0 Å². The van der Waals surface area contributed by atoms with E-state index in [2.05, 4.69) is 0 Å². The van der Waals surface area contributed by atoms with Gasteiger partial charge in [-0.15, -0.1) is 46.4 Å². The summed E-state index contributed by atoms with van der Waals surface area (Å²) in [6.07, 6.45) is 0. The molecule has 1 aromatic rings. The van der Waals surface area contributed by atoms with Gasteiger partial charge in [-0.2, -0.15) is 0 Å².